The number of carbonyl (C=O) groups excluding carboxylic acids is 1. The standard InChI is InChI=1S/C18H20ClN5O3/c1-24-16-13(10-21-24)9-15(19)23-17(16)27-8-7-26-11-14(22-18(20)25)12-5-3-2-4-6-12/h2-6,9-10,14H,7-8,11H2,1H3,(H3,20,22,25)/t14-/m1/s1. The van der Waals surface area contributed by atoms with E-state index >= 15 is 0 Å². The number of aromatic nitrogens is 3. The van der Waals surface area contributed by atoms with Crippen molar-refractivity contribution in [3.8, 4) is 5.88 Å². The third-order valence-corrected chi connectivity index (χ3v) is 4.12. The first-order chi connectivity index (χ1) is 13.0. The highest BCUT2D eigenvalue weighted by Crippen LogP contribution is 2.25. The van der Waals surface area contributed by atoms with Gasteiger partial charge in [0.05, 0.1) is 25.5 Å². The van der Waals surface area contributed by atoms with Crippen LogP contribution in [0.5, 0.6) is 5.88 Å². The predicted molar refractivity (Wildman–Crippen MR) is 102 cm³/mol. The molecule has 3 N–H and O–H groups in total. The van der Waals surface area contributed by atoms with E-state index in [9.17, 15) is 4.79 Å². The number of benzene rings is 1. The molecule has 0 aliphatic carbocycles. The molecule has 27 heavy (non-hydrogen) atoms. The normalized spacial score (nSPS) is 12.1. The maximum absolute atomic E-state index is 11.2. The van der Waals surface area contributed by atoms with E-state index in [0.717, 1.165) is 16.5 Å². The quantitative estimate of drug-likeness (QED) is 0.454. The van der Waals surface area contributed by atoms with Crippen LogP contribution in [-0.4, -0.2) is 40.6 Å². The number of amides is 2. The number of carbonyl (C=O) groups is 1. The Labute approximate surface area is 161 Å². The van der Waals surface area contributed by atoms with E-state index in [-0.39, 0.29) is 19.3 Å². The Bertz CT molecular complexity index is 916. The zero-order valence-electron chi connectivity index (χ0n) is 14.8. The number of nitrogens with zero attached hydrogens (tertiary/aromatic N) is 3. The molecule has 0 unspecified atom stereocenters. The summed E-state index contributed by atoms with van der Waals surface area (Å²) in [4.78, 5) is 15.4. The van der Waals surface area contributed by atoms with Gasteiger partial charge in [-0.1, -0.05) is 41.9 Å². The molecule has 8 nitrogen and oxygen atoms in total. The summed E-state index contributed by atoms with van der Waals surface area (Å²) in [5.41, 5.74) is 6.92. The van der Waals surface area contributed by atoms with E-state index in [1.165, 1.54) is 0 Å². The van der Waals surface area contributed by atoms with Crippen LogP contribution in [0.2, 0.25) is 5.15 Å². The summed E-state index contributed by atoms with van der Waals surface area (Å²) >= 11 is 6.02. The van der Waals surface area contributed by atoms with Gasteiger partial charge in [-0.15, -0.1) is 0 Å². The smallest absolute Gasteiger partial charge is 0.312 e. The second-order valence-electron chi connectivity index (χ2n) is 5.85. The SMILES string of the molecule is Cn1ncc2cc(Cl)nc(OCCOC[C@@H](NC(N)=O)c3ccccc3)c21. The lowest BCUT2D eigenvalue weighted by Gasteiger charge is -2.18. The molecule has 3 aromatic rings. The van der Waals surface area contributed by atoms with Crippen LogP contribution >= 0.6 is 11.6 Å². The molecule has 0 bridgehead atoms. The van der Waals surface area contributed by atoms with Crippen molar-refractivity contribution in [2.24, 2.45) is 12.8 Å². The first-order valence-electron chi connectivity index (χ1n) is 8.34. The summed E-state index contributed by atoms with van der Waals surface area (Å²) in [6, 6.07) is 10.3. The third kappa shape index (κ3) is 4.87. The van der Waals surface area contributed by atoms with E-state index < -0.39 is 6.03 Å². The van der Waals surface area contributed by atoms with Crippen molar-refractivity contribution in [1.82, 2.24) is 20.1 Å². The largest absolute Gasteiger partial charge is 0.474 e. The molecule has 142 valence electrons. The van der Waals surface area contributed by atoms with Crippen LogP contribution < -0.4 is 15.8 Å². The van der Waals surface area contributed by atoms with Crippen molar-refractivity contribution in [3.63, 3.8) is 0 Å². The number of urea groups is 1. The second kappa shape index (κ2) is 8.70. The number of hydrogen-bond acceptors (Lipinski definition) is 5. The minimum atomic E-state index is -0.606. The first kappa shape index (κ1) is 18.9. The highest BCUT2D eigenvalue weighted by Gasteiger charge is 2.14. The molecule has 0 saturated carbocycles. The summed E-state index contributed by atoms with van der Waals surface area (Å²) in [7, 11) is 1.81. The van der Waals surface area contributed by atoms with Gasteiger partial charge in [0.15, 0.2) is 0 Å². The van der Waals surface area contributed by atoms with Gasteiger partial charge in [-0.05, 0) is 11.6 Å². The third-order valence-electron chi connectivity index (χ3n) is 3.92. The Morgan fingerprint density at radius 3 is 2.85 bits per heavy atom. The molecule has 3 rings (SSSR count). The lowest BCUT2D eigenvalue weighted by Crippen LogP contribution is -2.35. The number of nitrogens with two attached hydrogens (primary N) is 1. The van der Waals surface area contributed by atoms with Gasteiger partial charge in [-0.25, -0.2) is 4.79 Å². The molecule has 0 fully saturated rings. The highest BCUT2D eigenvalue weighted by atomic mass is 35.5. The molecule has 0 spiro atoms. The molecule has 1 aromatic carbocycles. The molecule has 9 heteroatoms. The van der Waals surface area contributed by atoms with E-state index in [1.807, 2.05) is 30.3 Å². The highest BCUT2D eigenvalue weighted by molar-refractivity contribution is 6.30. The maximum Gasteiger partial charge on any atom is 0.312 e. The molecule has 2 aromatic heterocycles. The fourth-order valence-electron chi connectivity index (χ4n) is 2.71. The number of halogens is 1. The van der Waals surface area contributed by atoms with Gasteiger partial charge in [0.2, 0.25) is 5.88 Å². The van der Waals surface area contributed by atoms with Crippen molar-refractivity contribution in [3.05, 3.63) is 53.3 Å². The van der Waals surface area contributed by atoms with Crippen LogP contribution in [0.25, 0.3) is 10.9 Å². The molecule has 2 heterocycles. The lowest BCUT2D eigenvalue weighted by atomic mass is 10.1. The summed E-state index contributed by atoms with van der Waals surface area (Å²) in [5, 5.41) is 8.04. The van der Waals surface area contributed by atoms with Gasteiger partial charge in [0.25, 0.3) is 0 Å². The van der Waals surface area contributed by atoms with Crippen molar-refractivity contribution >= 4 is 28.5 Å². The first-order valence-corrected chi connectivity index (χ1v) is 8.72. The number of fused-ring (bicyclic) bond motifs is 1. The van der Waals surface area contributed by atoms with E-state index in [2.05, 4.69) is 15.4 Å². The Balaban J connectivity index is 1.55. The van der Waals surface area contributed by atoms with Gasteiger partial charge in [-0.2, -0.15) is 10.1 Å². The van der Waals surface area contributed by atoms with Gasteiger partial charge in [-0.3, -0.25) is 4.68 Å². The van der Waals surface area contributed by atoms with Crippen molar-refractivity contribution in [1.29, 1.82) is 0 Å². The average molecular weight is 390 g/mol. The fraction of sp³-hybridized carbons (Fsp3) is 0.278. The van der Waals surface area contributed by atoms with Gasteiger partial charge >= 0.3 is 6.03 Å². The van der Waals surface area contributed by atoms with Crippen LogP contribution in [0.1, 0.15) is 11.6 Å². The van der Waals surface area contributed by atoms with Crippen molar-refractivity contribution in [2.75, 3.05) is 19.8 Å². The topological polar surface area (TPSA) is 104 Å². The summed E-state index contributed by atoms with van der Waals surface area (Å²) in [6.07, 6.45) is 1.70. The minimum absolute atomic E-state index is 0.264. The Kier molecular flexibility index (Phi) is 6.10. The monoisotopic (exact) mass is 389 g/mol. The fourth-order valence-corrected chi connectivity index (χ4v) is 2.90. The zero-order chi connectivity index (χ0) is 19.2. The van der Waals surface area contributed by atoms with E-state index in [1.54, 1.807) is 24.0 Å². The number of pyridine rings is 1. The Morgan fingerprint density at radius 1 is 1.33 bits per heavy atom. The predicted octanol–water partition coefficient (Wildman–Crippen LogP) is 2.43. The maximum atomic E-state index is 11.2. The Hall–Kier alpha value is -2.84. The van der Waals surface area contributed by atoms with Gasteiger partial charge in [0, 0.05) is 12.4 Å². The molecule has 0 aliphatic heterocycles. The minimum Gasteiger partial charge on any atom is -0.474 e. The molecule has 2 amide bonds. The van der Waals surface area contributed by atoms with Crippen LogP contribution in [-0.2, 0) is 11.8 Å². The van der Waals surface area contributed by atoms with E-state index in [4.69, 9.17) is 26.8 Å². The second-order valence-corrected chi connectivity index (χ2v) is 6.24. The number of ether oxygens (including phenoxy) is 2. The van der Waals surface area contributed by atoms with E-state index in [0.29, 0.717) is 17.6 Å². The summed E-state index contributed by atoms with van der Waals surface area (Å²) in [5.74, 6) is 0.399. The molecule has 0 saturated heterocycles. The number of rotatable bonds is 8. The van der Waals surface area contributed by atoms with Crippen LogP contribution in [0.3, 0.4) is 0 Å². The lowest BCUT2D eigenvalue weighted by molar-refractivity contribution is 0.0842. The van der Waals surface area contributed by atoms with Crippen molar-refractivity contribution in [2.45, 2.75) is 6.04 Å². The number of primary amides is 1. The van der Waals surface area contributed by atoms with Crippen LogP contribution in [0, 0.1) is 0 Å². The Morgan fingerprint density at radius 2 is 2.11 bits per heavy atom. The molecular weight excluding hydrogens is 370 g/mol. The molecule has 0 radical (unpaired) electrons. The molecular formula is C18H20ClN5O3. The summed E-state index contributed by atoms with van der Waals surface area (Å²) < 4.78 is 13.0. The van der Waals surface area contributed by atoms with Crippen LogP contribution in [0.4, 0.5) is 4.79 Å². The van der Waals surface area contributed by atoms with Gasteiger partial charge in [0.1, 0.15) is 17.3 Å². The zero-order valence-corrected chi connectivity index (χ0v) is 15.5. The van der Waals surface area contributed by atoms with Gasteiger partial charge < -0.3 is 20.5 Å². The molecule has 0 aliphatic rings. The number of nitrogens with one attached hydrogen (secondary N) is 1. The summed E-state index contributed by atoms with van der Waals surface area (Å²) in [6.45, 7) is 0.837. The number of hydrogen-bond donors (Lipinski definition) is 2. The molecule has 1 atom stereocenters. The average Bonchev–Trinajstić information content (AvgIpc) is 3.01. The van der Waals surface area contributed by atoms with Crippen molar-refractivity contribution < 1.29 is 14.3 Å². The van der Waals surface area contributed by atoms with Crippen LogP contribution in [0.15, 0.2) is 42.6 Å². The number of aryl methyl sites for hydroxylation is 1.